The number of hydrogen-bond acceptors (Lipinski definition) is 3. The molecule has 1 fully saturated rings. The number of carbonyl (C=O) groups excluding carboxylic acids is 1. The van der Waals surface area contributed by atoms with E-state index in [4.69, 9.17) is 4.74 Å². The maximum Gasteiger partial charge on any atom is 0.224 e. The van der Waals surface area contributed by atoms with E-state index in [1.54, 1.807) is 12.1 Å². The molecule has 2 heterocycles. The van der Waals surface area contributed by atoms with E-state index in [0.717, 1.165) is 38.0 Å². The Bertz CT molecular complexity index is 1060. The van der Waals surface area contributed by atoms with Crippen LogP contribution < -0.4 is 10.1 Å². The SMILES string of the molecule is CC(C)CN1C[C@@H](COc2cccc(F)c2)C[C@@H](C(=O)NCCc2c[nH]c3ccccc23)C1. The molecule has 2 atom stereocenters. The molecule has 2 aromatic carbocycles. The quantitative estimate of drug-likeness (QED) is 0.498. The van der Waals surface area contributed by atoms with Gasteiger partial charge in [0.25, 0.3) is 0 Å². The molecule has 1 amide bonds. The number of carbonyl (C=O) groups is 1. The fourth-order valence-electron chi connectivity index (χ4n) is 4.85. The lowest BCUT2D eigenvalue weighted by molar-refractivity contribution is -0.127. The first-order valence-electron chi connectivity index (χ1n) is 11.9. The predicted molar refractivity (Wildman–Crippen MR) is 130 cm³/mol. The monoisotopic (exact) mass is 451 g/mol. The Balaban J connectivity index is 1.33. The van der Waals surface area contributed by atoms with Crippen molar-refractivity contribution in [3.8, 4) is 5.75 Å². The first kappa shape index (κ1) is 23.3. The predicted octanol–water partition coefficient (Wildman–Crippen LogP) is 4.64. The number of likely N-dealkylation sites (tertiary alicyclic amines) is 1. The Morgan fingerprint density at radius 1 is 1.21 bits per heavy atom. The molecule has 0 saturated carbocycles. The molecular weight excluding hydrogens is 417 g/mol. The van der Waals surface area contributed by atoms with Gasteiger partial charge in [0.15, 0.2) is 0 Å². The summed E-state index contributed by atoms with van der Waals surface area (Å²) in [6.45, 7) is 8.12. The Hall–Kier alpha value is -2.86. The highest BCUT2D eigenvalue weighted by Crippen LogP contribution is 2.25. The third kappa shape index (κ3) is 6.35. The van der Waals surface area contributed by atoms with Gasteiger partial charge in [-0.05, 0) is 42.5 Å². The highest BCUT2D eigenvalue weighted by molar-refractivity contribution is 5.83. The van der Waals surface area contributed by atoms with Gasteiger partial charge in [-0.2, -0.15) is 0 Å². The lowest BCUT2D eigenvalue weighted by Crippen LogP contribution is -2.48. The summed E-state index contributed by atoms with van der Waals surface area (Å²) >= 11 is 0. The second kappa shape index (κ2) is 10.8. The van der Waals surface area contributed by atoms with Gasteiger partial charge in [-0.15, -0.1) is 0 Å². The Labute approximate surface area is 195 Å². The minimum Gasteiger partial charge on any atom is -0.493 e. The van der Waals surface area contributed by atoms with E-state index in [9.17, 15) is 9.18 Å². The van der Waals surface area contributed by atoms with E-state index in [2.05, 4.69) is 41.2 Å². The summed E-state index contributed by atoms with van der Waals surface area (Å²) in [7, 11) is 0. The first-order valence-corrected chi connectivity index (χ1v) is 11.9. The van der Waals surface area contributed by atoms with Crippen LogP contribution in [0.5, 0.6) is 5.75 Å². The molecule has 5 nitrogen and oxygen atoms in total. The van der Waals surface area contributed by atoms with E-state index >= 15 is 0 Å². The molecule has 4 rings (SSSR count). The molecule has 2 N–H and O–H groups in total. The minimum atomic E-state index is -0.301. The highest BCUT2D eigenvalue weighted by Gasteiger charge is 2.32. The fraction of sp³-hybridized carbons (Fsp3) is 0.444. The largest absolute Gasteiger partial charge is 0.493 e. The zero-order valence-corrected chi connectivity index (χ0v) is 19.5. The summed E-state index contributed by atoms with van der Waals surface area (Å²) in [5.74, 6) is 1.03. The number of fused-ring (bicyclic) bond motifs is 1. The van der Waals surface area contributed by atoms with Crippen molar-refractivity contribution in [2.75, 3.05) is 32.8 Å². The van der Waals surface area contributed by atoms with Crippen molar-refractivity contribution in [1.29, 1.82) is 0 Å². The number of rotatable bonds is 9. The van der Waals surface area contributed by atoms with Crippen LogP contribution in [-0.2, 0) is 11.2 Å². The molecule has 0 spiro atoms. The molecule has 1 aliphatic rings. The number of H-pyrrole nitrogens is 1. The van der Waals surface area contributed by atoms with Crippen LogP contribution in [0.2, 0.25) is 0 Å². The summed E-state index contributed by atoms with van der Waals surface area (Å²) in [6, 6.07) is 14.5. The van der Waals surface area contributed by atoms with E-state index in [1.807, 2.05) is 18.3 Å². The molecule has 33 heavy (non-hydrogen) atoms. The zero-order valence-electron chi connectivity index (χ0n) is 19.5. The van der Waals surface area contributed by atoms with Gasteiger partial charge in [-0.3, -0.25) is 4.79 Å². The highest BCUT2D eigenvalue weighted by atomic mass is 19.1. The molecule has 176 valence electrons. The Kier molecular flexibility index (Phi) is 7.65. The molecular formula is C27H34FN3O2. The standard InChI is InChI=1S/C27H34FN3O2/c1-19(2)15-31-16-20(18-33-24-7-5-6-23(28)13-24)12-22(17-31)27(32)29-11-10-21-14-30-26-9-4-3-8-25(21)26/h3-9,13-14,19-20,22,30H,10-12,15-18H2,1-2H3,(H,29,32)/t20-,22+/m0/s1. The maximum absolute atomic E-state index is 13.5. The van der Waals surface area contributed by atoms with Crippen LogP contribution in [0.25, 0.3) is 10.9 Å². The second-order valence-corrected chi connectivity index (χ2v) is 9.58. The van der Waals surface area contributed by atoms with Crippen molar-refractivity contribution in [3.63, 3.8) is 0 Å². The molecule has 0 aliphatic carbocycles. The molecule has 1 aromatic heterocycles. The number of benzene rings is 2. The average Bonchev–Trinajstić information content (AvgIpc) is 3.20. The first-order chi connectivity index (χ1) is 16.0. The van der Waals surface area contributed by atoms with Crippen molar-refractivity contribution in [1.82, 2.24) is 15.2 Å². The van der Waals surface area contributed by atoms with Crippen LogP contribution in [0.4, 0.5) is 4.39 Å². The number of para-hydroxylation sites is 1. The minimum absolute atomic E-state index is 0.0680. The zero-order chi connectivity index (χ0) is 23.2. The second-order valence-electron chi connectivity index (χ2n) is 9.58. The summed E-state index contributed by atoms with van der Waals surface area (Å²) in [5.41, 5.74) is 2.34. The Morgan fingerprint density at radius 3 is 2.88 bits per heavy atom. The topological polar surface area (TPSA) is 57.4 Å². The number of amides is 1. The van der Waals surface area contributed by atoms with Gasteiger partial charge in [-0.25, -0.2) is 4.39 Å². The summed E-state index contributed by atoms with van der Waals surface area (Å²) in [4.78, 5) is 18.7. The molecule has 0 bridgehead atoms. The number of aromatic amines is 1. The molecule has 1 aliphatic heterocycles. The van der Waals surface area contributed by atoms with Gasteiger partial charge in [0, 0.05) is 55.3 Å². The van der Waals surface area contributed by atoms with Crippen LogP contribution in [0.15, 0.2) is 54.7 Å². The average molecular weight is 452 g/mol. The van der Waals surface area contributed by atoms with Crippen LogP contribution in [0.3, 0.4) is 0 Å². The Morgan fingerprint density at radius 2 is 2.06 bits per heavy atom. The van der Waals surface area contributed by atoms with E-state index in [-0.39, 0.29) is 23.6 Å². The molecule has 6 heteroatoms. The van der Waals surface area contributed by atoms with Crippen LogP contribution >= 0.6 is 0 Å². The molecule has 0 radical (unpaired) electrons. The van der Waals surface area contributed by atoms with Gasteiger partial charge in [0.1, 0.15) is 11.6 Å². The molecule has 1 saturated heterocycles. The van der Waals surface area contributed by atoms with Crippen LogP contribution in [-0.4, -0.2) is 48.6 Å². The van der Waals surface area contributed by atoms with Crippen molar-refractivity contribution >= 4 is 16.8 Å². The lowest BCUT2D eigenvalue weighted by Gasteiger charge is -2.37. The van der Waals surface area contributed by atoms with Crippen molar-refractivity contribution in [2.45, 2.75) is 26.7 Å². The van der Waals surface area contributed by atoms with Crippen molar-refractivity contribution in [2.24, 2.45) is 17.8 Å². The number of halogens is 1. The third-order valence-corrected chi connectivity index (χ3v) is 6.26. The van der Waals surface area contributed by atoms with Crippen LogP contribution in [0.1, 0.15) is 25.8 Å². The fourth-order valence-corrected chi connectivity index (χ4v) is 4.85. The number of hydrogen-bond donors (Lipinski definition) is 2. The molecule has 3 aromatic rings. The van der Waals surface area contributed by atoms with Gasteiger partial charge in [0.2, 0.25) is 5.91 Å². The number of aromatic nitrogens is 1. The van der Waals surface area contributed by atoms with E-state index in [0.29, 0.717) is 24.8 Å². The number of nitrogens with zero attached hydrogens (tertiary/aromatic N) is 1. The lowest BCUT2D eigenvalue weighted by atomic mass is 9.88. The number of nitrogens with one attached hydrogen (secondary N) is 2. The normalized spacial score (nSPS) is 19.2. The number of ether oxygens (including phenoxy) is 1. The summed E-state index contributed by atoms with van der Waals surface area (Å²) in [5, 5.41) is 4.37. The van der Waals surface area contributed by atoms with Crippen molar-refractivity contribution in [3.05, 3.63) is 66.1 Å². The number of piperidine rings is 1. The van der Waals surface area contributed by atoms with Gasteiger partial charge >= 0.3 is 0 Å². The summed E-state index contributed by atoms with van der Waals surface area (Å²) < 4.78 is 19.3. The van der Waals surface area contributed by atoms with E-state index in [1.165, 1.54) is 23.1 Å². The van der Waals surface area contributed by atoms with Gasteiger partial charge in [-0.1, -0.05) is 38.1 Å². The molecule has 0 unspecified atom stereocenters. The smallest absolute Gasteiger partial charge is 0.224 e. The van der Waals surface area contributed by atoms with Crippen molar-refractivity contribution < 1.29 is 13.9 Å². The van der Waals surface area contributed by atoms with Crippen LogP contribution in [0, 0.1) is 23.6 Å². The van der Waals surface area contributed by atoms with Gasteiger partial charge in [0.05, 0.1) is 12.5 Å². The van der Waals surface area contributed by atoms with E-state index < -0.39 is 0 Å². The third-order valence-electron chi connectivity index (χ3n) is 6.26. The van der Waals surface area contributed by atoms with Gasteiger partial charge < -0.3 is 19.9 Å². The summed E-state index contributed by atoms with van der Waals surface area (Å²) in [6.07, 6.45) is 3.61. The maximum atomic E-state index is 13.5.